The molecule has 2 aliphatic rings. The number of carboxylic acids is 1. The second-order valence-electron chi connectivity index (χ2n) is 6.19. The Kier molecular flexibility index (Phi) is 3.66. The lowest BCUT2D eigenvalue weighted by molar-refractivity contribution is -0.117. The second-order valence-corrected chi connectivity index (χ2v) is 6.19. The topological polar surface area (TPSA) is 66.4 Å². The van der Waals surface area contributed by atoms with Crippen molar-refractivity contribution >= 4 is 17.6 Å². The molecule has 2 bridgehead atoms. The third kappa shape index (κ3) is 2.91. The number of amides is 1. The summed E-state index contributed by atoms with van der Waals surface area (Å²) in [6.07, 6.45) is 5.28. The highest BCUT2D eigenvalue weighted by Crippen LogP contribution is 2.49. The summed E-state index contributed by atoms with van der Waals surface area (Å²) in [5, 5.41) is 11.3. The summed E-state index contributed by atoms with van der Waals surface area (Å²) in [5.41, 5.74) is -0.0771. The smallest absolute Gasteiger partial charge is 0.335 e. The summed E-state index contributed by atoms with van der Waals surface area (Å²) >= 11 is 0. The maximum absolute atomic E-state index is 13.8. The van der Waals surface area contributed by atoms with E-state index in [4.69, 9.17) is 5.11 Å². The van der Waals surface area contributed by atoms with E-state index in [0.29, 0.717) is 18.3 Å². The highest BCUT2D eigenvalue weighted by Gasteiger charge is 2.40. The summed E-state index contributed by atoms with van der Waals surface area (Å²) in [6.45, 7) is 0. The Balaban J connectivity index is 1.61. The van der Waals surface area contributed by atoms with E-state index < -0.39 is 11.8 Å². The van der Waals surface area contributed by atoms with Crippen LogP contribution in [0.5, 0.6) is 0 Å². The van der Waals surface area contributed by atoms with Crippen LogP contribution in [-0.4, -0.2) is 17.0 Å². The van der Waals surface area contributed by atoms with Gasteiger partial charge in [-0.3, -0.25) is 4.79 Å². The Hall–Kier alpha value is -1.91. The van der Waals surface area contributed by atoms with E-state index in [1.807, 2.05) is 0 Å². The van der Waals surface area contributed by atoms with Crippen molar-refractivity contribution in [3.05, 3.63) is 29.6 Å². The third-order valence-electron chi connectivity index (χ3n) is 4.82. The molecular formula is C16H18FNO3. The fourth-order valence-corrected chi connectivity index (χ4v) is 3.82. The van der Waals surface area contributed by atoms with Gasteiger partial charge in [-0.1, -0.05) is 6.42 Å². The molecule has 4 nitrogen and oxygen atoms in total. The fraction of sp³-hybridized carbons (Fsp3) is 0.500. The average Bonchev–Trinajstić information content (AvgIpc) is 3.03. The standard InChI is InChI=1S/C16H18FNO3/c17-13-7-11(16(20)21)3-4-14(13)18-15(19)8-12-6-9-1-2-10(12)5-9/h3-4,7,9-10,12H,1-2,5-6,8H2,(H,18,19)(H,20,21). The number of hydrogen-bond donors (Lipinski definition) is 2. The van der Waals surface area contributed by atoms with Crippen LogP contribution in [-0.2, 0) is 4.79 Å². The molecule has 0 saturated heterocycles. The Morgan fingerprint density at radius 2 is 2.10 bits per heavy atom. The minimum atomic E-state index is -1.19. The molecule has 3 unspecified atom stereocenters. The molecule has 2 saturated carbocycles. The zero-order valence-corrected chi connectivity index (χ0v) is 11.6. The Morgan fingerprint density at radius 1 is 1.29 bits per heavy atom. The monoisotopic (exact) mass is 291 g/mol. The molecule has 0 radical (unpaired) electrons. The molecule has 1 aromatic rings. The first-order valence-corrected chi connectivity index (χ1v) is 7.35. The minimum absolute atomic E-state index is 0.0492. The minimum Gasteiger partial charge on any atom is -0.478 e. The summed E-state index contributed by atoms with van der Waals surface area (Å²) in [6, 6.07) is 3.52. The van der Waals surface area contributed by atoms with Crippen LogP contribution < -0.4 is 5.32 Å². The molecule has 112 valence electrons. The van der Waals surface area contributed by atoms with Crippen molar-refractivity contribution in [3.8, 4) is 0 Å². The molecule has 0 aliphatic heterocycles. The summed E-state index contributed by atoms with van der Waals surface area (Å²) in [5.74, 6) is -0.232. The highest BCUT2D eigenvalue weighted by molar-refractivity contribution is 5.92. The Bertz CT molecular complexity index is 587. The summed E-state index contributed by atoms with van der Waals surface area (Å²) in [7, 11) is 0. The molecule has 3 rings (SSSR count). The van der Waals surface area contributed by atoms with Gasteiger partial charge in [0.25, 0.3) is 0 Å². The van der Waals surface area contributed by atoms with Gasteiger partial charge in [0.15, 0.2) is 0 Å². The lowest BCUT2D eigenvalue weighted by Gasteiger charge is -2.21. The molecule has 0 aromatic heterocycles. The molecule has 5 heteroatoms. The number of aromatic carboxylic acids is 1. The molecule has 3 atom stereocenters. The van der Waals surface area contributed by atoms with E-state index in [1.165, 1.54) is 31.4 Å². The van der Waals surface area contributed by atoms with Crippen molar-refractivity contribution in [2.24, 2.45) is 17.8 Å². The lowest BCUT2D eigenvalue weighted by Crippen LogP contribution is -2.20. The van der Waals surface area contributed by atoms with Gasteiger partial charge in [-0.05, 0) is 55.2 Å². The van der Waals surface area contributed by atoms with Gasteiger partial charge in [0.05, 0.1) is 11.3 Å². The predicted molar refractivity (Wildman–Crippen MR) is 75.5 cm³/mol. The number of nitrogens with one attached hydrogen (secondary N) is 1. The first kappa shape index (κ1) is 14.0. The van der Waals surface area contributed by atoms with Gasteiger partial charge in [0.1, 0.15) is 5.82 Å². The van der Waals surface area contributed by atoms with E-state index in [2.05, 4.69) is 5.32 Å². The SMILES string of the molecule is O=C(CC1CC2CCC1C2)Nc1ccc(C(=O)O)cc1F. The molecule has 0 spiro atoms. The molecule has 2 fully saturated rings. The number of carbonyl (C=O) groups excluding carboxylic acids is 1. The highest BCUT2D eigenvalue weighted by atomic mass is 19.1. The molecule has 2 N–H and O–H groups in total. The Morgan fingerprint density at radius 3 is 2.67 bits per heavy atom. The van der Waals surface area contributed by atoms with E-state index in [1.54, 1.807) is 0 Å². The van der Waals surface area contributed by atoms with E-state index in [9.17, 15) is 14.0 Å². The average molecular weight is 291 g/mol. The van der Waals surface area contributed by atoms with Gasteiger partial charge < -0.3 is 10.4 Å². The molecule has 21 heavy (non-hydrogen) atoms. The van der Waals surface area contributed by atoms with Crippen molar-refractivity contribution in [1.82, 2.24) is 0 Å². The van der Waals surface area contributed by atoms with Crippen LogP contribution in [0.15, 0.2) is 18.2 Å². The van der Waals surface area contributed by atoms with Crippen LogP contribution in [0.3, 0.4) is 0 Å². The van der Waals surface area contributed by atoms with Crippen molar-refractivity contribution in [2.75, 3.05) is 5.32 Å². The number of hydrogen-bond acceptors (Lipinski definition) is 2. The largest absolute Gasteiger partial charge is 0.478 e. The number of benzene rings is 1. The molecule has 1 aromatic carbocycles. The second kappa shape index (κ2) is 5.47. The van der Waals surface area contributed by atoms with Crippen LogP contribution >= 0.6 is 0 Å². The van der Waals surface area contributed by atoms with Gasteiger partial charge in [-0.15, -0.1) is 0 Å². The van der Waals surface area contributed by atoms with Crippen molar-refractivity contribution < 1.29 is 19.1 Å². The first-order chi connectivity index (χ1) is 10.0. The number of carbonyl (C=O) groups is 2. The van der Waals surface area contributed by atoms with E-state index in [0.717, 1.165) is 18.4 Å². The molecular weight excluding hydrogens is 273 g/mol. The van der Waals surface area contributed by atoms with E-state index in [-0.39, 0.29) is 17.2 Å². The van der Waals surface area contributed by atoms with Crippen molar-refractivity contribution in [2.45, 2.75) is 32.1 Å². The van der Waals surface area contributed by atoms with Gasteiger partial charge in [0.2, 0.25) is 5.91 Å². The van der Waals surface area contributed by atoms with Gasteiger partial charge in [-0.25, -0.2) is 9.18 Å². The maximum atomic E-state index is 13.8. The number of fused-ring (bicyclic) bond motifs is 2. The van der Waals surface area contributed by atoms with E-state index >= 15 is 0 Å². The van der Waals surface area contributed by atoms with Gasteiger partial charge >= 0.3 is 5.97 Å². The lowest BCUT2D eigenvalue weighted by atomic mass is 9.86. The quantitative estimate of drug-likeness (QED) is 0.894. The zero-order valence-electron chi connectivity index (χ0n) is 11.6. The summed E-state index contributed by atoms with van der Waals surface area (Å²) < 4.78 is 13.8. The molecule has 1 amide bonds. The van der Waals surface area contributed by atoms with Gasteiger partial charge in [0, 0.05) is 6.42 Å². The zero-order chi connectivity index (χ0) is 15.0. The number of anilines is 1. The number of carboxylic acid groups (broad SMARTS) is 1. The first-order valence-electron chi connectivity index (χ1n) is 7.35. The third-order valence-corrected chi connectivity index (χ3v) is 4.82. The van der Waals surface area contributed by atoms with Crippen LogP contribution in [0.1, 0.15) is 42.5 Å². The number of rotatable bonds is 4. The van der Waals surface area contributed by atoms with Crippen molar-refractivity contribution in [3.63, 3.8) is 0 Å². The number of halogens is 1. The summed E-state index contributed by atoms with van der Waals surface area (Å²) in [4.78, 5) is 22.8. The predicted octanol–water partition coefficient (Wildman–Crippen LogP) is 3.29. The normalized spacial score (nSPS) is 26.8. The Labute approximate surface area is 122 Å². The van der Waals surface area contributed by atoms with Crippen LogP contribution in [0.4, 0.5) is 10.1 Å². The van der Waals surface area contributed by atoms with Crippen LogP contribution in [0.25, 0.3) is 0 Å². The van der Waals surface area contributed by atoms with Crippen molar-refractivity contribution in [1.29, 1.82) is 0 Å². The maximum Gasteiger partial charge on any atom is 0.335 e. The van der Waals surface area contributed by atoms with Crippen LogP contribution in [0, 0.1) is 23.6 Å². The molecule has 0 heterocycles. The van der Waals surface area contributed by atoms with Crippen LogP contribution in [0.2, 0.25) is 0 Å². The fourth-order valence-electron chi connectivity index (χ4n) is 3.82. The van der Waals surface area contributed by atoms with Gasteiger partial charge in [-0.2, -0.15) is 0 Å². The molecule has 2 aliphatic carbocycles.